The molecule has 156 valence electrons. The number of alkyl halides is 1. The van der Waals surface area contributed by atoms with Gasteiger partial charge in [-0.15, -0.1) is 0 Å². The fourth-order valence-electron chi connectivity index (χ4n) is 7.17. The summed E-state index contributed by atoms with van der Waals surface area (Å²) < 4.78 is 0.273. The molecule has 5 fully saturated rings. The molecule has 4 bridgehead atoms. The Bertz CT molecular complexity index is 831. The molecule has 0 radical (unpaired) electrons. The van der Waals surface area contributed by atoms with Gasteiger partial charge in [0.05, 0.1) is 0 Å². The number of hydrogen-bond donors (Lipinski definition) is 1. The van der Waals surface area contributed by atoms with Crippen LogP contribution in [0.25, 0.3) is 0 Å². The van der Waals surface area contributed by atoms with Crippen molar-refractivity contribution >= 4 is 33.4 Å². The molecule has 1 aromatic carbocycles. The molecule has 1 heterocycles. The first-order chi connectivity index (χ1) is 13.8. The number of benzene rings is 1. The molecule has 4 saturated carbocycles. The molecule has 1 aliphatic heterocycles. The number of carbonyl (C=O) groups excluding carboxylic acids is 2. The molecule has 6 rings (SSSR count). The third-order valence-corrected chi connectivity index (χ3v) is 8.81. The van der Waals surface area contributed by atoms with E-state index in [9.17, 15) is 9.59 Å². The van der Waals surface area contributed by atoms with E-state index in [1.54, 1.807) is 0 Å². The molecule has 2 atom stereocenters. The third-order valence-electron chi connectivity index (χ3n) is 7.88. The van der Waals surface area contributed by atoms with Crippen LogP contribution in [0.15, 0.2) is 18.2 Å². The predicted molar refractivity (Wildman–Crippen MR) is 118 cm³/mol. The molecule has 4 aliphatic carbocycles. The Morgan fingerprint density at radius 1 is 1.14 bits per heavy atom. The molecule has 2 amide bonds. The summed E-state index contributed by atoms with van der Waals surface area (Å²) in [7, 11) is 0. The van der Waals surface area contributed by atoms with Crippen LogP contribution in [-0.4, -0.2) is 34.1 Å². The Hall–Kier alpha value is -1.36. The van der Waals surface area contributed by atoms with E-state index in [2.05, 4.69) is 21.2 Å². The van der Waals surface area contributed by atoms with Crippen molar-refractivity contribution in [2.24, 2.45) is 17.3 Å². The number of carbonyl (C=O) groups is 2. The molecule has 1 N–H and O–H groups in total. The number of nitrogens with zero attached hydrogens (tertiary/aromatic N) is 1. The maximum absolute atomic E-state index is 13.1. The van der Waals surface area contributed by atoms with Gasteiger partial charge in [0.15, 0.2) is 0 Å². The van der Waals surface area contributed by atoms with Crippen molar-refractivity contribution in [1.82, 2.24) is 4.90 Å². The molecule has 5 aliphatic rings. The van der Waals surface area contributed by atoms with Crippen LogP contribution in [0.2, 0.25) is 0 Å². The number of likely N-dealkylation sites (tertiary alicyclic amines) is 1. The van der Waals surface area contributed by atoms with Gasteiger partial charge in [-0.2, -0.15) is 0 Å². The summed E-state index contributed by atoms with van der Waals surface area (Å²) >= 11 is 4.04. The van der Waals surface area contributed by atoms with Crippen LogP contribution in [-0.2, 0) is 4.79 Å². The van der Waals surface area contributed by atoms with Crippen molar-refractivity contribution in [1.29, 1.82) is 0 Å². The van der Waals surface area contributed by atoms with Crippen LogP contribution in [0.5, 0.6) is 0 Å². The third kappa shape index (κ3) is 3.64. The van der Waals surface area contributed by atoms with Crippen molar-refractivity contribution in [3.05, 3.63) is 29.3 Å². The molecule has 1 saturated heterocycles. The minimum absolute atomic E-state index is 0.0958. The Balaban J connectivity index is 1.30. The van der Waals surface area contributed by atoms with Crippen LogP contribution in [0, 0.1) is 24.2 Å². The Kier molecular flexibility index (Phi) is 4.80. The van der Waals surface area contributed by atoms with E-state index in [0.29, 0.717) is 6.42 Å². The quantitative estimate of drug-likeness (QED) is 0.622. The van der Waals surface area contributed by atoms with Crippen molar-refractivity contribution in [2.45, 2.75) is 69.0 Å². The van der Waals surface area contributed by atoms with Gasteiger partial charge in [0.25, 0.3) is 5.91 Å². The largest absolute Gasteiger partial charge is 0.339 e. The standard InChI is InChI=1S/C24H31BrN2O2/c1-16-19(22(29)27-7-2-3-8-27)5-4-6-20(16)26-21(28)14-23-10-17-9-18(11-23)13-24(25,12-17)15-23/h4-6,17-18H,2-3,7-15H2,1H3,(H,26,28). The highest BCUT2D eigenvalue weighted by Crippen LogP contribution is 2.65. The number of anilines is 1. The molecular weight excluding hydrogens is 428 g/mol. The van der Waals surface area contributed by atoms with Crippen LogP contribution < -0.4 is 5.32 Å². The lowest BCUT2D eigenvalue weighted by Crippen LogP contribution is -2.53. The minimum atomic E-state index is 0.0958. The number of hydrogen-bond acceptors (Lipinski definition) is 2. The van der Waals surface area contributed by atoms with Gasteiger partial charge < -0.3 is 10.2 Å². The van der Waals surface area contributed by atoms with Gasteiger partial charge in [-0.05, 0) is 93.2 Å². The lowest BCUT2D eigenvalue weighted by atomic mass is 9.48. The number of nitrogens with one attached hydrogen (secondary N) is 1. The van der Waals surface area contributed by atoms with Crippen molar-refractivity contribution in [3.8, 4) is 0 Å². The Morgan fingerprint density at radius 3 is 2.48 bits per heavy atom. The topological polar surface area (TPSA) is 49.4 Å². The molecule has 0 aromatic heterocycles. The minimum Gasteiger partial charge on any atom is -0.339 e. The average Bonchev–Trinajstić information content (AvgIpc) is 3.15. The van der Waals surface area contributed by atoms with E-state index in [4.69, 9.17) is 0 Å². The van der Waals surface area contributed by atoms with Crippen LogP contribution >= 0.6 is 15.9 Å². The molecule has 29 heavy (non-hydrogen) atoms. The van der Waals surface area contributed by atoms with Gasteiger partial charge >= 0.3 is 0 Å². The second-order valence-corrected chi connectivity index (χ2v) is 12.0. The summed E-state index contributed by atoms with van der Waals surface area (Å²) in [4.78, 5) is 27.8. The molecule has 2 unspecified atom stereocenters. The monoisotopic (exact) mass is 458 g/mol. The van der Waals surface area contributed by atoms with Gasteiger partial charge in [0.2, 0.25) is 5.91 Å². The summed E-state index contributed by atoms with van der Waals surface area (Å²) in [6.07, 6.45) is 10.2. The van der Waals surface area contributed by atoms with Crippen LogP contribution in [0.1, 0.15) is 73.7 Å². The van der Waals surface area contributed by atoms with Crippen molar-refractivity contribution in [3.63, 3.8) is 0 Å². The fraction of sp³-hybridized carbons (Fsp3) is 0.667. The highest BCUT2D eigenvalue weighted by atomic mass is 79.9. The first kappa shape index (κ1) is 19.6. The van der Waals surface area contributed by atoms with Crippen LogP contribution in [0.3, 0.4) is 0 Å². The number of amides is 2. The van der Waals surface area contributed by atoms with Crippen molar-refractivity contribution in [2.75, 3.05) is 18.4 Å². The van der Waals surface area contributed by atoms with Gasteiger partial charge in [0, 0.05) is 35.1 Å². The molecule has 0 spiro atoms. The highest BCUT2D eigenvalue weighted by molar-refractivity contribution is 9.10. The SMILES string of the molecule is Cc1c(NC(=O)CC23CC4CC(CC(Br)(C4)C2)C3)cccc1C(=O)N1CCCC1. The molecule has 1 aromatic rings. The maximum atomic E-state index is 13.1. The molecule has 5 heteroatoms. The smallest absolute Gasteiger partial charge is 0.254 e. The van der Waals surface area contributed by atoms with E-state index in [1.807, 2.05) is 30.0 Å². The summed E-state index contributed by atoms with van der Waals surface area (Å²) in [5.41, 5.74) is 2.56. The number of rotatable bonds is 4. The highest BCUT2D eigenvalue weighted by Gasteiger charge is 2.57. The first-order valence-electron chi connectivity index (χ1n) is 11.2. The lowest BCUT2D eigenvalue weighted by Gasteiger charge is -2.60. The normalized spacial score (nSPS) is 35.2. The van der Waals surface area contributed by atoms with Gasteiger partial charge in [-0.25, -0.2) is 0 Å². The van der Waals surface area contributed by atoms with E-state index in [0.717, 1.165) is 61.0 Å². The van der Waals surface area contributed by atoms with E-state index in [-0.39, 0.29) is 21.6 Å². The zero-order valence-electron chi connectivity index (χ0n) is 17.3. The zero-order valence-corrected chi connectivity index (χ0v) is 18.9. The Morgan fingerprint density at radius 2 is 1.83 bits per heavy atom. The molecular formula is C24H31BrN2O2. The summed E-state index contributed by atoms with van der Waals surface area (Å²) in [6, 6.07) is 5.71. The van der Waals surface area contributed by atoms with E-state index < -0.39 is 0 Å². The second-order valence-electron chi connectivity index (χ2n) is 10.3. The summed E-state index contributed by atoms with van der Waals surface area (Å²) in [5, 5.41) is 3.16. The molecule has 4 nitrogen and oxygen atoms in total. The van der Waals surface area contributed by atoms with Crippen LogP contribution in [0.4, 0.5) is 5.69 Å². The zero-order chi connectivity index (χ0) is 20.2. The summed E-state index contributed by atoms with van der Waals surface area (Å²) in [5.74, 6) is 1.77. The van der Waals surface area contributed by atoms with Gasteiger partial charge in [-0.3, -0.25) is 9.59 Å². The maximum Gasteiger partial charge on any atom is 0.254 e. The van der Waals surface area contributed by atoms with E-state index >= 15 is 0 Å². The average molecular weight is 459 g/mol. The fourth-order valence-corrected chi connectivity index (χ4v) is 8.68. The van der Waals surface area contributed by atoms with Gasteiger partial charge in [-0.1, -0.05) is 22.0 Å². The van der Waals surface area contributed by atoms with Gasteiger partial charge in [0.1, 0.15) is 0 Å². The van der Waals surface area contributed by atoms with Crippen molar-refractivity contribution < 1.29 is 9.59 Å². The first-order valence-corrected chi connectivity index (χ1v) is 12.0. The number of halogens is 1. The van der Waals surface area contributed by atoms with E-state index in [1.165, 1.54) is 32.1 Å². The second kappa shape index (κ2) is 7.11. The summed E-state index contributed by atoms with van der Waals surface area (Å²) in [6.45, 7) is 3.64. The Labute approximate surface area is 181 Å². The predicted octanol–water partition coefficient (Wildman–Crippen LogP) is 5.29. The lowest BCUT2D eigenvalue weighted by molar-refractivity contribution is -0.123.